The third-order valence-electron chi connectivity index (χ3n) is 2.47. The van der Waals surface area contributed by atoms with Crippen LogP contribution in [0.15, 0.2) is 6.07 Å². The molecular formula is C12H19F3N4O. The zero-order chi connectivity index (χ0) is 15.3. The molecule has 8 heteroatoms. The molecule has 0 saturated heterocycles. The van der Waals surface area contributed by atoms with Crippen molar-refractivity contribution >= 4 is 11.6 Å². The molecule has 1 aromatic rings. The molecule has 0 amide bonds. The maximum atomic E-state index is 12.2. The smallest absolute Gasteiger partial charge is 0.382 e. The van der Waals surface area contributed by atoms with Gasteiger partial charge in [-0.15, -0.1) is 0 Å². The van der Waals surface area contributed by atoms with E-state index in [1.54, 1.807) is 0 Å². The number of hydrogen-bond acceptors (Lipinski definition) is 5. The summed E-state index contributed by atoms with van der Waals surface area (Å²) in [6.07, 6.45) is -7.08. The Morgan fingerprint density at radius 1 is 1.20 bits per heavy atom. The molecule has 5 nitrogen and oxygen atoms in total. The highest BCUT2D eigenvalue weighted by Gasteiger charge is 2.37. The van der Waals surface area contributed by atoms with Crippen molar-refractivity contribution in [1.82, 2.24) is 9.97 Å². The second-order valence-corrected chi connectivity index (χ2v) is 4.62. The van der Waals surface area contributed by atoms with Gasteiger partial charge >= 0.3 is 6.18 Å². The van der Waals surface area contributed by atoms with Gasteiger partial charge in [-0.05, 0) is 6.92 Å². The molecule has 114 valence electrons. The van der Waals surface area contributed by atoms with Crippen LogP contribution in [0.4, 0.5) is 24.8 Å². The number of alkyl halides is 3. The quantitative estimate of drug-likeness (QED) is 0.751. The average molecular weight is 292 g/mol. The average Bonchev–Trinajstić information content (AvgIpc) is 2.34. The van der Waals surface area contributed by atoms with E-state index in [0.717, 1.165) is 0 Å². The molecule has 1 rings (SSSR count). The van der Waals surface area contributed by atoms with Crippen molar-refractivity contribution in [2.24, 2.45) is 0 Å². The molecule has 1 heterocycles. The Kier molecular flexibility index (Phi) is 5.55. The molecule has 1 aromatic heterocycles. The summed E-state index contributed by atoms with van der Waals surface area (Å²) in [7, 11) is 0. The molecule has 1 unspecified atom stereocenters. The summed E-state index contributed by atoms with van der Waals surface area (Å²) in [5.74, 6) is 1.35. The van der Waals surface area contributed by atoms with Gasteiger partial charge in [-0.1, -0.05) is 13.8 Å². The van der Waals surface area contributed by atoms with Crippen molar-refractivity contribution in [2.45, 2.75) is 39.0 Å². The van der Waals surface area contributed by atoms with Crippen LogP contribution in [-0.2, 0) is 0 Å². The first-order valence-electron chi connectivity index (χ1n) is 6.35. The van der Waals surface area contributed by atoms with Gasteiger partial charge in [0.1, 0.15) is 17.5 Å². The Morgan fingerprint density at radius 3 is 2.20 bits per heavy atom. The van der Waals surface area contributed by atoms with E-state index in [0.29, 0.717) is 18.2 Å². The minimum Gasteiger partial charge on any atom is -0.382 e. The summed E-state index contributed by atoms with van der Waals surface area (Å²) >= 11 is 0. The number of rotatable bonds is 6. The Labute approximate surface area is 115 Å². The molecule has 0 fully saturated rings. The number of nitrogens with one attached hydrogen (secondary N) is 2. The maximum absolute atomic E-state index is 12.2. The molecule has 0 aromatic carbocycles. The lowest BCUT2D eigenvalue weighted by Crippen LogP contribution is -2.35. The number of aliphatic hydroxyl groups excluding tert-OH is 1. The predicted octanol–water partition coefficient (Wildman–Crippen LogP) is 2.37. The molecule has 20 heavy (non-hydrogen) atoms. The second kappa shape index (κ2) is 6.74. The van der Waals surface area contributed by atoms with Gasteiger partial charge in [0.05, 0.1) is 6.54 Å². The van der Waals surface area contributed by atoms with Gasteiger partial charge in [0.15, 0.2) is 6.10 Å². The number of anilines is 2. The van der Waals surface area contributed by atoms with E-state index in [1.807, 2.05) is 20.8 Å². The summed E-state index contributed by atoms with van der Waals surface area (Å²) in [5, 5.41) is 14.4. The Bertz CT molecular complexity index is 437. The number of nitrogens with zero attached hydrogens (tertiary/aromatic N) is 2. The highest BCUT2D eigenvalue weighted by Crippen LogP contribution is 2.21. The molecule has 0 aliphatic heterocycles. The van der Waals surface area contributed by atoms with Crippen molar-refractivity contribution in [1.29, 1.82) is 0 Å². The monoisotopic (exact) mass is 292 g/mol. The molecule has 0 spiro atoms. The van der Waals surface area contributed by atoms with Gasteiger partial charge in [-0.2, -0.15) is 13.2 Å². The number of aromatic nitrogens is 2. The van der Waals surface area contributed by atoms with Crippen molar-refractivity contribution in [2.75, 3.05) is 23.7 Å². The van der Waals surface area contributed by atoms with Gasteiger partial charge in [0, 0.05) is 18.5 Å². The number of hydrogen-bond donors (Lipinski definition) is 3. The zero-order valence-corrected chi connectivity index (χ0v) is 11.6. The van der Waals surface area contributed by atoms with Crippen LogP contribution < -0.4 is 10.6 Å². The van der Waals surface area contributed by atoms with E-state index >= 15 is 0 Å². The molecule has 3 N–H and O–H groups in total. The van der Waals surface area contributed by atoms with Crippen LogP contribution in [-0.4, -0.2) is 40.4 Å². The van der Waals surface area contributed by atoms with E-state index in [9.17, 15) is 13.2 Å². The first-order chi connectivity index (χ1) is 9.24. The van der Waals surface area contributed by atoms with Gasteiger partial charge in [0.2, 0.25) is 0 Å². The van der Waals surface area contributed by atoms with Crippen LogP contribution in [0.5, 0.6) is 0 Å². The van der Waals surface area contributed by atoms with Crippen molar-refractivity contribution in [3.63, 3.8) is 0 Å². The Morgan fingerprint density at radius 2 is 1.75 bits per heavy atom. The molecule has 0 aliphatic rings. The van der Waals surface area contributed by atoms with E-state index in [-0.39, 0.29) is 11.7 Å². The molecule has 1 atom stereocenters. The van der Waals surface area contributed by atoms with Crippen molar-refractivity contribution in [3.05, 3.63) is 11.9 Å². The molecule has 0 aliphatic carbocycles. The highest BCUT2D eigenvalue weighted by molar-refractivity contribution is 5.47. The Hall–Kier alpha value is -1.57. The van der Waals surface area contributed by atoms with Gasteiger partial charge in [-0.25, -0.2) is 9.97 Å². The fraction of sp³-hybridized carbons (Fsp3) is 0.667. The zero-order valence-electron chi connectivity index (χ0n) is 11.6. The van der Waals surface area contributed by atoms with Gasteiger partial charge < -0.3 is 15.7 Å². The van der Waals surface area contributed by atoms with Gasteiger partial charge in [0.25, 0.3) is 0 Å². The van der Waals surface area contributed by atoms with Crippen molar-refractivity contribution in [3.8, 4) is 0 Å². The third-order valence-corrected chi connectivity index (χ3v) is 2.47. The summed E-state index contributed by atoms with van der Waals surface area (Å²) in [5.41, 5.74) is 0. The third kappa shape index (κ3) is 4.84. The number of halogens is 3. The van der Waals surface area contributed by atoms with Crippen LogP contribution >= 0.6 is 0 Å². The second-order valence-electron chi connectivity index (χ2n) is 4.62. The van der Waals surface area contributed by atoms with E-state index < -0.39 is 18.8 Å². The minimum absolute atomic E-state index is 0.0432. The van der Waals surface area contributed by atoms with Crippen LogP contribution in [0.25, 0.3) is 0 Å². The molecule has 0 radical (unpaired) electrons. The van der Waals surface area contributed by atoms with E-state index in [2.05, 4.69) is 20.6 Å². The van der Waals surface area contributed by atoms with Crippen LogP contribution in [0.2, 0.25) is 0 Å². The van der Waals surface area contributed by atoms with Crippen molar-refractivity contribution < 1.29 is 18.3 Å². The first kappa shape index (κ1) is 16.5. The van der Waals surface area contributed by atoms with Gasteiger partial charge in [-0.3, -0.25) is 0 Å². The predicted molar refractivity (Wildman–Crippen MR) is 70.8 cm³/mol. The maximum Gasteiger partial charge on any atom is 0.416 e. The minimum atomic E-state index is -4.65. The SMILES string of the molecule is CCNc1cc(NCC(O)C(F)(F)F)nc(C(C)C)n1. The van der Waals surface area contributed by atoms with E-state index in [1.165, 1.54) is 6.07 Å². The topological polar surface area (TPSA) is 70.1 Å². The highest BCUT2D eigenvalue weighted by atomic mass is 19.4. The Balaban J connectivity index is 2.83. The first-order valence-corrected chi connectivity index (χ1v) is 6.35. The fourth-order valence-corrected chi connectivity index (χ4v) is 1.40. The summed E-state index contributed by atoms with van der Waals surface area (Å²) in [4.78, 5) is 8.38. The van der Waals surface area contributed by atoms with Crippen LogP contribution in [0, 0.1) is 0 Å². The van der Waals surface area contributed by atoms with Crippen LogP contribution in [0.3, 0.4) is 0 Å². The molecule has 0 bridgehead atoms. The lowest BCUT2D eigenvalue weighted by atomic mass is 10.2. The lowest BCUT2D eigenvalue weighted by Gasteiger charge is -2.16. The lowest BCUT2D eigenvalue weighted by molar-refractivity contribution is -0.198. The normalized spacial score (nSPS) is 13.4. The fourth-order valence-electron chi connectivity index (χ4n) is 1.40. The summed E-state index contributed by atoms with van der Waals surface area (Å²) in [6, 6.07) is 1.51. The largest absolute Gasteiger partial charge is 0.416 e. The summed E-state index contributed by atoms with van der Waals surface area (Å²) in [6.45, 7) is 5.65. The van der Waals surface area contributed by atoms with E-state index in [4.69, 9.17) is 5.11 Å². The molecular weight excluding hydrogens is 273 g/mol. The standard InChI is InChI=1S/C12H19F3N4O/c1-4-16-9-5-10(19-11(18-9)7(2)3)17-6-8(20)12(13,14)15/h5,7-8,20H,4,6H2,1-3H3,(H2,16,17,18,19). The van der Waals surface area contributed by atoms with Crippen LogP contribution in [0.1, 0.15) is 32.5 Å². The number of aliphatic hydroxyl groups is 1. The summed E-state index contributed by atoms with van der Waals surface area (Å²) < 4.78 is 36.7. The molecule has 0 saturated carbocycles.